The van der Waals surface area contributed by atoms with Crippen LogP contribution in [0.25, 0.3) is 17.4 Å². The number of furan rings is 1. The summed E-state index contributed by atoms with van der Waals surface area (Å²) in [6, 6.07) is 10.8. The molecule has 24 heavy (non-hydrogen) atoms. The number of aliphatic imine (C=N–C) groups is 1. The number of thioether (sulfide) groups is 1. The molecule has 118 valence electrons. The van der Waals surface area contributed by atoms with Crippen LogP contribution in [-0.4, -0.2) is 27.5 Å². The zero-order valence-electron chi connectivity index (χ0n) is 12.1. The van der Waals surface area contributed by atoms with Crippen LogP contribution in [0.2, 0.25) is 5.02 Å². The number of nitrogens with one attached hydrogen (secondary N) is 1. The van der Waals surface area contributed by atoms with Crippen molar-refractivity contribution in [2.45, 2.75) is 0 Å². The molecule has 1 aromatic heterocycles. The second-order valence-corrected chi connectivity index (χ2v) is 6.22. The number of hydrogen-bond acceptors (Lipinski definition) is 5. The fourth-order valence-electron chi connectivity index (χ4n) is 2.31. The summed E-state index contributed by atoms with van der Waals surface area (Å²) in [4.78, 5) is 16.0. The van der Waals surface area contributed by atoms with E-state index >= 15 is 0 Å². The molecule has 1 amide bonds. The molecule has 2 aromatic rings. The standard InChI is InChI=1S/C16H9ClN4O2S/c17-10-3-1-2-9(6-10)13-5-4-11(23-13)7-12-14(18)21-16(20-15(12)22)24-8-19-21/h1-8,18H. The maximum absolute atomic E-state index is 12.1. The quantitative estimate of drug-likeness (QED) is 0.828. The van der Waals surface area contributed by atoms with Gasteiger partial charge in [-0.2, -0.15) is 15.1 Å². The summed E-state index contributed by atoms with van der Waals surface area (Å²) in [5, 5.41) is 14.4. The number of hydrogen-bond donors (Lipinski definition) is 1. The molecule has 0 atom stereocenters. The zero-order valence-corrected chi connectivity index (χ0v) is 13.6. The molecule has 0 unspecified atom stereocenters. The van der Waals surface area contributed by atoms with Gasteiger partial charge < -0.3 is 4.42 Å². The van der Waals surface area contributed by atoms with Crippen molar-refractivity contribution < 1.29 is 9.21 Å². The molecule has 0 saturated carbocycles. The van der Waals surface area contributed by atoms with Gasteiger partial charge in [0.25, 0.3) is 5.91 Å². The van der Waals surface area contributed by atoms with E-state index in [9.17, 15) is 4.79 Å². The molecular weight excluding hydrogens is 348 g/mol. The summed E-state index contributed by atoms with van der Waals surface area (Å²) >= 11 is 7.19. The van der Waals surface area contributed by atoms with Crippen LogP contribution in [0.4, 0.5) is 0 Å². The topological polar surface area (TPSA) is 82.0 Å². The highest BCUT2D eigenvalue weighted by Gasteiger charge is 2.32. The molecule has 0 fully saturated rings. The van der Waals surface area contributed by atoms with Crippen LogP contribution in [-0.2, 0) is 4.79 Å². The minimum atomic E-state index is -0.482. The lowest BCUT2D eigenvalue weighted by atomic mass is 10.1. The molecule has 0 bridgehead atoms. The van der Waals surface area contributed by atoms with E-state index in [1.165, 1.54) is 28.4 Å². The van der Waals surface area contributed by atoms with Crippen molar-refractivity contribution in [2.75, 3.05) is 0 Å². The third-order valence-corrected chi connectivity index (χ3v) is 4.33. The van der Waals surface area contributed by atoms with Crippen molar-refractivity contribution in [2.24, 2.45) is 10.1 Å². The summed E-state index contributed by atoms with van der Waals surface area (Å²) in [5.41, 5.74) is 2.50. The first-order chi connectivity index (χ1) is 11.6. The molecule has 1 N–H and O–H groups in total. The Morgan fingerprint density at radius 3 is 3.00 bits per heavy atom. The van der Waals surface area contributed by atoms with Gasteiger partial charge in [-0.1, -0.05) is 23.7 Å². The van der Waals surface area contributed by atoms with Gasteiger partial charge in [-0.15, -0.1) is 0 Å². The molecule has 0 saturated heterocycles. The first-order valence-corrected chi connectivity index (χ1v) is 8.16. The normalized spacial score (nSPS) is 18.3. The Labute approximate surface area is 146 Å². The highest BCUT2D eigenvalue weighted by molar-refractivity contribution is 8.25. The van der Waals surface area contributed by atoms with Crippen molar-refractivity contribution in [3.8, 4) is 11.3 Å². The summed E-state index contributed by atoms with van der Waals surface area (Å²) < 4.78 is 5.74. The summed E-state index contributed by atoms with van der Waals surface area (Å²) in [6.07, 6.45) is 1.50. The van der Waals surface area contributed by atoms with Gasteiger partial charge in [0.1, 0.15) is 11.5 Å². The van der Waals surface area contributed by atoms with Gasteiger partial charge in [0.15, 0.2) is 11.0 Å². The van der Waals surface area contributed by atoms with Crippen LogP contribution in [0.5, 0.6) is 0 Å². The lowest BCUT2D eigenvalue weighted by Crippen LogP contribution is -2.35. The smallest absolute Gasteiger partial charge is 0.283 e. The second-order valence-electron chi connectivity index (χ2n) is 4.97. The van der Waals surface area contributed by atoms with Gasteiger partial charge in [0.05, 0.1) is 11.1 Å². The Morgan fingerprint density at radius 2 is 2.17 bits per heavy atom. The number of fused-ring (bicyclic) bond motifs is 1. The predicted octanol–water partition coefficient (Wildman–Crippen LogP) is 3.85. The van der Waals surface area contributed by atoms with Crippen LogP contribution in [0.1, 0.15) is 5.76 Å². The molecule has 1 aromatic carbocycles. The lowest BCUT2D eigenvalue weighted by Gasteiger charge is -2.19. The third-order valence-electron chi connectivity index (χ3n) is 3.42. The van der Waals surface area contributed by atoms with Crippen molar-refractivity contribution in [3.63, 3.8) is 0 Å². The molecule has 0 radical (unpaired) electrons. The van der Waals surface area contributed by atoms with E-state index in [0.29, 0.717) is 21.7 Å². The molecule has 2 aliphatic heterocycles. The molecule has 0 spiro atoms. The average Bonchev–Trinajstić information content (AvgIpc) is 3.20. The SMILES string of the molecule is N=C1C(=Cc2ccc(-c3cccc(Cl)c3)o2)C(=O)N=C2SC=NN12. The fraction of sp³-hybridized carbons (Fsp3) is 0. The van der Waals surface area contributed by atoms with Gasteiger partial charge in [-0.05, 0) is 42.1 Å². The summed E-state index contributed by atoms with van der Waals surface area (Å²) in [6.45, 7) is 0. The Morgan fingerprint density at radius 1 is 1.29 bits per heavy atom. The number of benzene rings is 1. The number of amidine groups is 2. The molecule has 3 heterocycles. The van der Waals surface area contributed by atoms with Crippen molar-refractivity contribution in [1.29, 1.82) is 5.41 Å². The van der Waals surface area contributed by atoms with E-state index < -0.39 is 5.91 Å². The zero-order chi connectivity index (χ0) is 16.7. The molecular formula is C16H9ClN4O2S. The monoisotopic (exact) mass is 356 g/mol. The van der Waals surface area contributed by atoms with Crippen molar-refractivity contribution >= 4 is 51.9 Å². The van der Waals surface area contributed by atoms with E-state index in [1.807, 2.05) is 12.1 Å². The third kappa shape index (κ3) is 2.57. The number of amides is 1. The number of rotatable bonds is 2. The first kappa shape index (κ1) is 14.9. The van der Waals surface area contributed by atoms with Gasteiger partial charge in [-0.25, -0.2) is 0 Å². The number of nitrogens with zero attached hydrogens (tertiary/aromatic N) is 3. The molecule has 6 nitrogen and oxygen atoms in total. The second kappa shape index (κ2) is 5.77. The van der Waals surface area contributed by atoms with Gasteiger partial charge >= 0.3 is 0 Å². The van der Waals surface area contributed by atoms with E-state index in [0.717, 1.165) is 5.56 Å². The Kier molecular flexibility index (Phi) is 3.59. The summed E-state index contributed by atoms with van der Waals surface area (Å²) in [5.74, 6) is 0.572. The lowest BCUT2D eigenvalue weighted by molar-refractivity contribution is -0.114. The van der Waals surface area contributed by atoms with E-state index in [2.05, 4.69) is 10.1 Å². The van der Waals surface area contributed by atoms with Gasteiger partial charge in [-0.3, -0.25) is 10.2 Å². The number of carbonyl (C=O) groups excluding carboxylic acids is 1. The Balaban J connectivity index is 1.68. The highest BCUT2D eigenvalue weighted by atomic mass is 35.5. The number of carbonyl (C=O) groups is 1. The van der Waals surface area contributed by atoms with E-state index in [4.69, 9.17) is 21.4 Å². The number of halogens is 1. The maximum atomic E-state index is 12.1. The van der Waals surface area contributed by atoms with Gasteiger partial charge in [0.2, 0.25) is 0 Å². The minimum Gasteiger partial charge on any atom is -0.457 e. The highest BCUT2D eigenvalue weighted by Crippen LogP contribution is 2.28. The van der Waals surface area contributed by atoms with Crippen LogP contribution in [0.15, 0.2) is 56.5 Å². The molecule has 4 rings (SSSR count). The largest absolute Gasteiger partial charge is 0.457 e. The van der Waals surface area contributed by atoms with Crippen molar-refractivity contribution in [1.82, 2.24) is 5.01 Å². The first-order valence-electron chi connectivity index (χ1n) is 6.90. The van der Waals surface area contributed by atoms with E-state index in [-0.39, 0.29) is 11.4 Å². The Hall–Kier alpha value is -2.64. The molecule has 0 aliphatic carbocycles. The van der Waals surface area contributed by atoms with Crippen LogP contribution in [0.3, 0.4) is 0 Å². The van der Waals surface area contributed by atoms with Crippen LogP contribution >= 0.6 is 23.4 Å². The fourth-order valence-corrected chi connectivity index (χ4v) is 3.11. The van der Waals surface area contributed by atoms with E-state index in [1.54, 1.807) is 24.3 Å². The van der Waals surface area contributed by atoms with Crippen LogP contribution in [0, 0.1) is 5.41 Å². The summed E-state index contributed by atoms with van der Waals surface area (Å²) in [7, 11) is 0. The Bertz CT molecular complexity index is 960. The van der Waals surface area contributed by atoms with Gasteiger partial charge in [0, 0.05) is 10.6 Å². The predicted molar refractivity (Wildman–Crippen MR) is 95.2 cm³/mol. The molecule has 8 heteroatoms. The average molecular weight is 357 g/mol. The number of hydrazone groups is 1. The minimum absolute atomic E-state index is 0.0213. The maximum Gasteiger partial charge on any atom is 0.283 e. The molecule has 2 aliphatic rings. The van der Waals surface area contributed by atoms with Crippen LogP contribution < -0.4 is 0 Å². The van der Waals surface area contributed by atoms with Crippen molar-refractivity contribution in [3.05, 3.63) is 52.8 Å².